The third kappa shape index (κ3) is 2.83. The molecule has 0 aliphatic heterocycles. The van der Waals surface area contributed by atoms with Gasteiger partial charge in [0.2, 0.25) is 0 Å². The number of carboxylic acids is 1. The fourth-order valence-electron chi connectivity index (χ4n) is 1.55. The van der Waals surface area contributed by atoms with Crippen LogP contribution in [-0.2, 0) is 7.05 Å². The molecule has 2 aromatic rings. The number of carbonyl (C=O) groups excluding carboxylic acids is 1. The molecule has 0 saturated heterocycles. The largest absolute Gasteiger partial charge is 0.478 e. The summed E-state index contributed by atoms with van der Waals surface area (Å²) in [6, 6.07) is 4.17. The van der Waals surface area contributed by atoms with Gasteiger partial charge < -0.3 is 15.0 Å². The van der Waals surface area contributed by atoms with Crippen LogP contribution in [0.5, 0.6) is 0 Å². The second-order valence-corrected chi connectivity index (χ2v) is 5.14. The topological polar surface area (TPSA) is 84.2 Å². The Morgan fingerprint density at radius 2 is 2.15 bits per heavy atom. The maximum atomic E-state index is 12.0. The molecule has 2 rings (SSSR count). The van der Waals surface area contributed by atoms with Gasteiger partial charge in [-0.25, -0.2) is 9.78 Å². The van der Waals surface area contributed by atoms with Gasteiger partial charge in [-0.3, -0.25) is 4.79 Å². The number of nitrogens with one attached hydrogen (secondary N) is 1. The summed E-state index contributed by atoms with van der Waals surface area (Å²) in [6.07, 6.45) is 1.51. The van der Waals surface area contributed by atoms with E-state index in [0.29, 0.717) is 10.3 Å². The summed E-state index contributed by atoms with van der Waals surface area (Å²) in [5, 5.41) is 11.5. The van der Waals surface area contributed by atoms with Gasteiger partial charge in [0.1, 0.15) is 4.60 Å². The number of imidazole rings is 1. The van der Waals surface area contributed by atoms with E-state index in [9.17, 15) is 9.59 Å². The van der Waals surface area contributed by atoms with Crippen LogP contribution in [0.15, 0.2) is 29.0 Å². The van der Waals surface area contributed by atoms with Crippen LogP contribution in [0.4, 0.5) is 5.69 Å². The molecule has 1 amide bonds. The molecule has 0 fully saturated rings. The van der Waals surface area contributed by atoms with E-state index in [-0.39, 0.29) is 16.4 Å². The van der Waals surface area contributed by atoms with Crippen LogP contribution in [0.25, 0.3) is 0 Å². The van der Waals surface area contributed by atoms with E-state index in [1.807, 2.05) is 0 Å². The van der Waals surface area contributed by atoms with Crippen LogP contribution in [0.1, 0.15) is 21.0 Å². The molecule has 20 heavy (non-hydrogen) atoms. The van der Waals surface area contributed by atoms with Gasteiger partial charge in [-0.2, -0.15) is 0 Å². The third-order valence-electron chi connectivity index (χ3n) is 2.59. The van der Waals surface area contributed by atoms with Crippen molar-refractivity contribution >= 4 is 45.1 Å². The van der Waals surface area contributed by atoms with Crippen molar-refractivity contribution in [2.24, 2.45) is 7.05 Å². The predicted molar refractivity (Wildman–Crippen MR) is 77.3 cm³/mol. The SMILES string of the molecule is Cn1c(Br)cnc1C(=O)Nc1ccc(C(=O)O)c(Cl)c1. The van der Waals surface area contributed by atoms with Gasteiger partial charge in [0, 0.05) is 12.7 Å². The first-order valence-electron chi connectivity index (χ1n) is 5.41. The van der Waals surface area contributed by atoms with Crippen molar-refractivity contribution in [1.82, 2.24) is 9.55 Å². The minimum absolute atomic E-state index is 0.0237. The highest BCUT2D eigenvalue weighted by atomic mass is 79.9. The first-order valence-corrected chi connectivity index (χ1v) is 6.58. The van der Waals surface area contributed by atoms with Crippen LogP contribution in [-0.4, -0.2) is 26.5 Å². The van der Waals surface area contributed by atoms with Crippen molar-refractivity contribution in [2.45, 2.75) is 0 Å². The second kappa shape index (κ2) is 5.64. The van der Waals surface area contributed by atoms with Crippen molar-refractivity contribution in [2.75, 3.05) is 5.32 Å². The minimum Gasteiger partial charge on any atom is -0.478 e. The molecular formula is C12H9BrClN3O3. The monoisotopic (exact) mass is 357 g/mol. The van der Waals surface area contributed by atoms with Gasteiger partial charge in [-0.15, -0.1) is 0 Å². The molecule has 0 spiro atoms. The summed E-state index contributed by atoms with van der Waals surface area (Å²) in [6.45, 7) is 0. The summed E-state index contributed by atoms with van der Waals surface area (Å²) in [4.78, 5) is 26.8. The van der Waals surface area contributed by atoms with Crippen molar-refractivity contribution in [3.63, 3.8) is 0 Å². The molecule has 0 unspecified atom stereocenters. The van der Waals surface area contributed by atoms with Crippen LogP contribution >= 0.6 is 27.5 Å². The molecule has 1 aromatic heterocycles. The average molecular weight is 359 g/mol. The van der Waals surface area contributed by atoms with E-state index in [1.54, 1.807) is 11.6 Å². The molecule has 0 radical (unpaired) electrons. The van der Waals surface area contributed by atoms with Gasteiger partial charge in [-0.05, 0) is 34.1 Å². The zero-order valence-electron chi connectivity index (χ0n) is 10.2. The lowest BCUT2D eigenvalue weighted by Crippen LogP contribution is -2.17. The molecule has 0 aliphatic rings. The van der Waals surface area contributed by atoms with Gasteiger partial charge in [-0.1, -0.05) is 11.6 Å². The average Bonchev–Trinajstić information content (AvgIpc) is 2.69. The number of halogens is 2. The first-order chi connectivity index (χ1) is 9.40. The molecule has 104 valence electrons. The number of nitrogens with zero attached hydrogens (tertiary/aromatic N) is 2. The van der Waals surface area contributed by atoms with E-state index in [0.717, 1.165) is 0 Å². The van der Waals surface area contributed by atoms with E-state index < -0.39 is 11.9 Å². The number of carbonyl (C=O) groups is 2. The molecule has 0 bridgehead atoms. The fraction of sp³-hybridized carbons (Fsp3) is 0.0833. The molecule has 0 atom stereocenters. The summed E-state index contributed by atoms with van der Waals surface area (Å²) >= 11 is 9.07. The Morgan fingerprint density at radius 3 is 2.65 bits per heavy atom. The lowest BCUT2D eigenvalue weighted by Gasteiger charge is -2.07. The molecule has 0 saturated carbocycles. The molecule has 6 nitrogen and oxygen atoms in total. The summed E-state index contributed by atoms with van der Waals surface area (Å²) < 4.78 is 2.24. The Labute approximate surface area is 127 Å². The molecular weight excluding hydrogens is 350 g/mol. The summed E-state index contributed by atoms with van der Waals surface area (Å²) in [5.41, 5.74) is 0.369. The number of rotatable bonds is 3. The van der Waals surface area contributed by atoms with Crippen LogP contribution in [0.3, 0.4) is 0 Å². The molecule has 1 heterocycles. The number of aromatic carboxylic acids is 1. The van der Waals surface area contributed by atoms with Crippen LogP contribution in [0, 0.1) is 0 Å². The maximum Gasteiger partial charge on any atom is 0.337 e. The fourth-order valence-corrected chi connectivity index (χ4v) is 2.08. The molecule has 8 heteroatoms. The van der Waals surface area contributed by atoms with E-state index in [4.69, 9.17) is 16.7 Å². The van der Waals surface area contributed by atoms with Crippen molar-refractivity contribution < 1.29 is 14.7 Å². The van der Waals surface area contributed by atoms with E-state index >= 15 is 0 Å². The van der Waals surface area contributed by atoms with Gasteiger partial charge in [0.15, 0.2) is 5.82 Å². The van der Waals surface area contributed by atoms with Crippen LogP contribution in [0.2, 0.25) is 5.02 Å². The number of hydrogen-bond donors (Lipinski definition) is 2. The number of anilines is 1. The zero-order chi connectivity index (χ0) is 14.9. The predicted octanol–water partition coefficient (Wildman–Crippen LogP) is 2.79. The second-order valence-electron chi connectivity index (χ2n) is 3.92. The Morgan fingerprint density at radius 1 is 1.45 bits per heavy atom. The normalized spacial score (nSPS) is 10.3. The quantitative estimate of drug-likeness (QED) is 0.883. The van der Waals surface area contributed by atoms with Crippen molar-refractivity contribution in [3.8, 4) is 0 Å². The summed E-state index contributed by atoms with van der Waals surface area (Å²) in [7, 11) is 1.69. The van der Waals surface area contributed by atoms with Gasteiger partial charge in [0.25, 0.3) is 5.91 Å². The van der Waals surface area contributed by atoms with Crippen LogP contribution < -0.4 is 5.32 Å². The number of aromatic nitrogens is 2. The lowest BCUT2D eigenvalue weighted by molar-refractivity contribution is 0.0697. The Hall–Kier alpha value is -1.86. The molecule has 0 aliphatic carbocycles. The third-order valence-corrected chi connectivity index (χ3v) is 3.64. The molecule has 2 N–H and O–H groups in total. The zero-order valence-corrected chi connectivity index (χ0v) is 12.6. The van der Waals surface area contributed by atoms with Crippen molar-refractivity contribution in [3.05, 3.63) is 45.4 Å². The highest BCUT2D eigenvalue weighted by molar-refractivity contribution is 9.10. The van der Waals surface area contributed by atoms with Gasteiger partial charge >= 0.3 is 5.97 Å². The number of amides is 1. The Kier molecular flexibility index (Phi) is 4.10. The molecule has 1 aromatic carbocycles. The summed E-state index contributed by atoms with van der Waals surface area (Å²) in [5.74, 6) is -1.33. The number of hydrogen-bond acceptors (Lipinski definition) is 3. The highest BCUT2D eigenvalue weighted by Crippen LogP contribution is 2.21. The van der Waals surface area contributed by atoms with Gasteiger partial charge in [0.05, 0.1) is 16.8 Å². The maximum absolute atomic E-state index is 12.0. The smallest absolute Gasteiger partial charge is 0.337 e. The van der Waals surface area contributed by atoms with Crippen molar-refractivity contribution in [1.29, 1.82) is 0 Å². The first kappa shape index (κ1) is 14.5. The minimum atomic E-state index is -1.12. The Bertz CT molecular complexity index is 699. The highest BCUT2D eigenvalue weighted by Gasteiger charge is 2.15. The number of carboxylic acid groups (broad SMARTS) is 1. The lowest BCUT2D eigenvalue weighted by atomic mass is 10.2. The Balaban J connectivity index is 2.22. The van der Waals surface area contributed by atoms with E-state index in [2.05, 4.69) is 26.2 Å². The standard InChI is InChI=1S/C12H9BrClN3O3/c1-17-9(13)5-15-10(17)11(18)16-6-2-3-7(12(19)20)8(14)4-6/h2-5H,1H3,(H,16,18)(H,19,20). The number of benzene rings is 1. The van der Waals surface area contributed by atoms with E-state index in [1.165, 1.54) is 24.4 Å².